The van der Waals surface area contributed by atoms with Gasteiger partial charge in [0.05, 0.1) is 25.9 Å². The molecule has 0 spiro atoms. The Morgan fingerprint density at radius 3 is 2.22 bits per heavy atom. The first-order valence-electron chi connectivity index (χ1n) is 11.2. The van der Waals surface area contributed by atoms with Gasteiger partial charge in [-0.2, -0.15) is 0 Å². The van der Waals surface area contributed by atoms with E-state index in [1.807, 2.05) is 62.4 Å². The van der Waals surface area contributed by atoms with Crippen molar-refractivity contribution in [3.8, 4) is 11.5 Å². The Balaban J connectivity index is 2.26. The molecule has 0 bridgehead atoms. The molecular formula is C27H36O5. The van der Waals surface area contributed by atoms with Gasteiger partial charge in [0.25, 0.3) is 0 Å². The van der Waals surface area contributed by atoms with Crippen molar-refractivity contribution >= 4 is 5.57 Å². The first-order valence-corrected chi connectivity index (χ1v) is 11.2. The second kappa shape index (κ2) is 12.4. The van der Waals surface area contributed by atoms with Crippen LogP contribution in [0.15, 0.2) is 54.6 Å². The van der Waals surface area contributed by atoms with E-state index in [1.165, 1.54) is 0 Å². The van der Waals surface area contributed by atoms with E-state index in [1.54, 1.807) is 13.2 Å². The topological polar surface area (TPSA) is 79.2 Å². The van der Waals surface area contributed by atoms with Crippen LogP contribution in [0.2, 0.25) is 0 Å². The standard InChI is InChI=1S/C27H36O5/c1-5-21(9-8-12-27(30,6-2)7-3)23-14-25(31-4)16-26(15-23)32-19-20-10-11-22(17-28)24(13-20)18-29/h8-16,28-30H,5-7,17-19H2,1-4H3/b12-8+,21-9+. The minimum absolute atomic E-state index is 0.106. The largest absolute Gasteiger partial charge is 0.497 e. The van der Waals surface area contributed by atoms with Gasteiger partial charge in [0.1, 0.15) is 18.1 Å². The maximum atomic E-state index is 10.5. The number of methoxy groups -OCH3 is 1. The summed E-state index contributed by atoms with van der Waals surface area (Å²) in [6.45, 7) is 6.14. The summed E-state index contributed by atoms with van der Waals surface area (Å²) in [5, 5.41) is 29.3. The maximum Gasteiger partial charge on any atom is 0.124 e. The monoisotopic (exact) mass is 440 g/mol. The second-order valence-electron chi connectivity index (χ2n) is 7.82. The molecule has 0 aliphatic heterocycles. The zero-order valence-corrected chi connectivity index (χ0v) is 19.6. The lowest BCUT2D eigenvalue weighted by molar-refractivity contribution is 0.0828. The summed E-state index contributed by atoms with van der Waals surface area (Å²) in [5.74, 6) is 1.38. The van der Waals surface area contributed by atoms with Crippen LogP contribution in [-0.4, -0.2) is 28.0 Å². The zero-order valence-electron chi connectivity index (χ0n) is 19.6. The average Bonchev–Trinajstić information content (AvgIpc) is 2.84. The fraction of sp³-hybridized carbons (Fsp3) is 0.407. The molecular weight excluding hydrogens is 404 g/mol. The molecule has 0 aliphatic rings. The summed E-state index contributed by atoms with van der Waals surface area (Å²) in [5.41, 5.74) is 3.63. The third-order valence-corrected chi connectivity index (χ3v) is 5.81. The molecule has 0 fully saturated rings. The summed E-state index contributed by atoms with van der Waals surface area (Å²) in [6.07, 6.45) is 7.96. The number of allylic oxidation sites excluding steroid dienone is 3. The highest BCUT2D eigenvalue weighted by Gasteiger charge is 2.17. The van der Waals surface area contributed by atoms with Gasteiger partial charge in [-0.15, -0.1) is 0 Å². The van der Waals surface area contributed by atoms with Crippen LogP contribution in [0, 0.1) is 0 Å². The van der Waals surface area contributed by atoms with Gasteiger partial charge in [0, 0.05) is 6.07 Å². The van der Waals surface area contributed by atoms with Crippen LogP contribution in [0.1, 0.15) is 62.3 Å². The van der Waals surface area contributed by atoms with Gasteiger partial charge in [-0.25, -0.2) is 0 Å². The van der Waals surface area contributed by atoms with Crippen molar-refractivity contribution in [2.45, 2.75) is 65.5 Å². The molecule has 174 valence electrons. The Kier molecular flexibility index (Phi) is 9.97. The number of hydrogen-bond donors (Lipinski definition) is 3. The lowest BCUT2D eigenvalue weighted by Crippen LogP contribution is -2.22. The van der Waals surface area contributed by atoms with Crippen molar-refractivity contribution in [3.63, 3.8) is 0 Å². The predicted octanol–water partition coefficient (Wildman–Crippen LogP) is 5.16. The van der Waals surface area contributed by atoms with Crippen molar-refractivity contribution < 1.29 is 24.8 Å². The zero-order chi connectivity index (χ0) is 23.6. The quantitative estimate of drug-likeness (QED) is 0.397. The summed E-state index contributed by atoms with van der Waals surface area (Å²) >= 11 is 0. The van der Waals surface area contributed by atoms with E-state index in [0.717, 1.165) is 23.1 Å². The highest BCUT2D eigenvalue weighted by molar-refractivity contribution is 5.69. The Morgan fingerprint density at radius 1 is 0.938 bits per heavy atom. The number of ether oxygens (including phenoxy) is 2. The molecule has 32 heavy (non-hydrogen) atoms. The molecule has 3 N–H and O–H groups in total. The van der Waals surface area contributed by atoms with Crippen molar-refractivity contribution in [2.24, 2.45) is 0 Å². The lowest BCUT2D eigenvalue weighted by atomic mass is 9.96. The van der Waals surface area contributed by atoms with Gasteiger partial charge in [0.2, 0.25) is 0 Å². The lowest BCUT2D eigenvalue weighted by Gasteiger charge is -2.20. The van der Waals surface area contributed by atoms with E-state index in [-0.39, 0.29) is 13.2 Å². The SMILES string of the molecule is CC/C(=C\C=C\C(O)(CC)CC)c1cc(OC)cc(OCc2ccc(CO)c(CO)c2)c1. The molecule has 2 rings (SSSR count). The van der Waals surface area contributed by atoms with Gasteiger partial charge in [-0.05, 0) is 65.3 Å². The maximum absolute atomic E-state index is 10.5. The van der Waals surface area contributed by atoms with E-state index in [4.69, 9.17) is 9.47 Å². The molecule has 5 nitrogen and oxygen atoms in total. The number of aliphatic hydroxyl groups excluding tert-OH is 2. The Bertz CT molecular complexity index is 926. The predicted molar refractivity (Wildman–Crippen MR) is 129 cm³/mol. The summed E-state index contributed by atoms with van der Waals surface area (Å²) in [7, 11) is 1.63. The van der Waals surface area contributed by atoms with Crippen LogP contribution < -0.4 is 9.47 Å². The smallest absolute Gasteiger partial charge is 0.124 e. The van der Waals surface area contributed by atoms with E-state index >= 15 is 0 Å². The first-order chi connectivity index (χ1) is 15.4. The number of rotatable bonds is 12. The Hall–Kier alpha value is -2.60. The van der Waals surface area contributed by atoms with E-state index in [0.29, 0.717) is 42.1 Å². The molecule has 2 aromatic carbocycles. The molecule has 2 aromatic rings. The molecule has 0 radical (unpaired) electrons. The minimum atomic E-state index is -0.781. The molecule has 0 aromatic heterocycles. The average molecular weight is 441 g/mol. The van der Waals surface area contributed by atoms with Crippen LogP contribution >= 0.6 is 0 Å². The summed E-state index contributed by atoms with van der Waals surface area (Å²) in [6, 6.07) is 11.3. The highest BCUT2D eigenvalue weighted by Crippen LogP contribution is 2.30. The summed E-state index contributed by atoms with van der Waals surface area (Å²) < 4.78 is 11.5. The van der Waals surface area contributed by atoms with Gasteiger partial charge in [-0.3, -0.25) is 0 Å². The van der Waals surface area contributed by atoms with Crippen molar-refractivity contribution in [3.05, 3.63) is 76.9 Å². The van der Waals surface area contributed by atoms with Gasteiger partial charge >= 0.3 is 0 Å². The molecule has 0 atom stereocenters. The van der Waals surface area contributed by atoms with Crippen molar-refractivity contribution in [2.75, 3.05) is 7.11 Å². The van der Waals surface area contributed by atoms with Crippen LogP contribution in [0.3, 0.4) is 0 Å². The fourth-order valence-corrected chi connectivity index (χ4v) is 3.44. The van der Waals surface area contributed by atoms with Gasteiger partial charge in [-0.1, -0.05) is 51.1 Å². The highest BCUT2D eigenvalue weighted by atomic mass is 16.5. The van der Waals surface area contributed by atoms with Crippen LogP contribution in [-0.2, 0) is 19.8 Å². The van der Waals surface area contributed by atoms with Gasteiger partial charge < -0.3 is 24.8 Å². The fourth-order valence-electron chi connectivity index (χ4n) is 3.44. The molecule has 0 heterocycles. The molecule has 0 saturated carbocycles. The number of benzene rings is 2. The van der Waals surface area contributed by atoms with Crippen LogP contribution in [0.25, 0.3) is 5.57 Å². The second-order valence-corrected chi connectivity index (χ2v) is 7.82. The molecule has 5 heteroatoms. The molecule has 0 amide bonds. The minimum Gasteiger partial charge on any atom is -0.497 e. The third-order valence-electron chi connectivity index (χ3n) is 5.81. The molecule has 0 saturated heterocycles. The third kappa shape index (κ3) is 6.95. The van der Waals surface area contributed by atoms with E-state index in [9.17, 15) is 15.3 Å². The summed E-state index contributed by atoms with van der Waals surface area (Å²) in [4.78, 5) is 0. The van der Waals surface area contributed by atoms with E-state index < -0.39 is 5.60 Å². The van der Waals surface area contributed by atoms with Crippen molar-refractivity contribution in [1.82, 2.24) is 0 Å². The number of hydrogen-bond acceptors (Lipinski definition) is 5. The van der Waals surface area contributed by atoms with Crippen molar-refractivity contribution in [1.29, 1.82) is 0 Å². The Morgan fingerprint density at radius 2 is 1.62 bits per heavy atom. The number of aliphatic hydroxyl groups is 3. The molecule has 0 aliphatic carbocycles. The first kappa shape index (κ1) is 25.7. The van der Waals surface area contributed by atoms with Crippen LogP contribution in [0.5, 0.6) is 11.5 Å². The van der Waals surface area contributed by atoms with E-state index in [2.05, 4.69) is 6.92 Å². The Labute approximate surface area is 191 Å². The van der Waals surface area contributed by atoms with Gasteiger partial charge in [0.15, 0.2) is 0 Å². The molecule has 0 unspecified atom stereocenters. The normalized spacial score (nSPS) is 12.4. The van der Waals surface area contributed by atoms with Crippen LogP contribution in [0.4, 0.5) is 0 Å².